The first-order valence-corrected chi connectivity index (χ1v) is 6.23. The molecule has 0 aromatic heterocycles. The summed E-state index contributed by atoms with van der Waals surface area (Å²) in [4.78, 5) is 0. The van der Waals surface area contributed by atoms with E-state index in [0.717, 1.165) is 0 Å². The zero-order chi connectivity index (χ0) is 13.7. The maximum absolute atomic E-state index is 13.1. The van der Waals surface area contributed by atoms with E-state index in [9.17, 15) is 17.6 Å². The second-order valence-corrected chi connectivity index (χ2v) is 4.31. The Labute approximate surface area is 105 Å². The number of benzene rings is 1. The molecule has 0 aliphatic carbocycles. The van der Waals surface area contributed by atoms with Gasteiger partial charge >= 0.3 is 0 Å². The Morgan fingerprint density at radius 1 is 0.778 bits per heavy atom. The lowest BCUT2D eigenvalue weighted by molar-refractivity contribution is 0.122. The third-order valence-electron chi connectivity index (χ3n) is 2.94. The zero-order valence-electron chi connectivity index (χ0n) is 10.6. The molecule has 0 spiro atoms. The van der Waals surface area contributed by atoms with E-state index in [1.165, 1.54) is 0 Å². The van der Waals surface area contributed by atoms with Crippen LogP contribution in [-0.4, -0.2) is 0 Å². The van der Waals surface area contributed by atoms with E-state index in [4.69, 9.17) is 0 Å². The molecule has 0 saturated heterocycles. The van der Waals surface area contributed by atoms with Crippen molar-refractivity contribution in [3.05, 3.63) is 34.4 Å². The fraction of sp³-hybridized carbons (Fsp3) is 0.571. The highest BCUT2D eigenvalue weighted by atomic mass is 19.3. The Kier molecular flexibility index (Phi) is 5.63. The minimum Gasteiger partial charge on any atom is -0.205 e. The number of alkyl halides is 4. The van der Waals surface area contributed by atoms with Crippen molar-refractivity contribution in [2.75, 3.05) is 0 Å². The maximum atomic E-state index is 13.1. The molecule has 0 amide bonds. The predicted molar refractivity (Wildman–Crippen MR) is 64.3 cm³/mol. The van der Waals surface area contributed by atoms with Crippen LogP contribution in [0.2, 0.25) is 0 Å². The minimum absolute atomic E-state index is 0.350. The van der Waals surface area contributed by atoms with Gasteiger partial charge in [-0.25, -0.2) is 17.6 Å². The van der Waals surface area contributed by atoms with E-state index in [2.05, 4.69) is 0 Å². The molecule has 18 heavy (non-hydrogen) atoms. The van der Waals surface area contributed by atoms with Gasteiger partial charge in [0.15, 0.2) is 0 Å². The van der Waals surface area contributed by atoms with Crippen LogP contribution >= 0.6 is 0 Å². The van der Waals surface area contributed by atoms with Crippen LogP contribution in [0.1, 0.15) is 61.8 Å². The fourth-order valence-electron chi connectivity index (χ4n) is 2.22. The minimum atomic E-state index is -2.84. The SMILES string of the molecule is CCCc1ccc(CCC)c(C(F)F)c1C(F)F. The first kappa shape index (κ1) is 15.0. The Balaban J connectivity index is 3.39. The normalized spacial score (nSPS) is 11.6. The number of rotatable bonds is 6. The van der Waals surface area contributed by atoms with Gasteiger partial charge in [0.2, 0.25) is 0 Å². The second kappa shape index (κ2) is 6.76. The summed E-state index contributed by atoms with van der Waals surface area (Å²) in [6.07, 6.45) is -3.54. The highest BCUT2D eigenvalue weighted by molar-refractivity contribution is 5.43. The van der Waals surface area contributed by atoms with Crippen molar-refractivity contribution >= 4 is 0 Å². The number of hydrogen-bond donors (Lipinski definition) is 0. The third-order valence-corrected chi connectivity index (χ3v) is 2.94. The van der Waals surface area contributed by atoms with Crippen molar-refractivity contribution in [2.24, 2.45) is 0 Å². The molecule has 0 unspecified atom stereocenters. The predicted octanol–water partition coefficient (Wildman–Crippen LogP) is 5.47. The second-order valence-electron chi connectivity index (χ2n) is 4.31. The van der Waals surface area contributed by atoms with Gasteiger partial charge in [-0.1, -0.05) is 38.8 Å². The maximum Gasteiger partial charge on any atom is 0.264 e. The highest BCUT2D eigenvalue weighted by Crippen LogP contribution is 2.36. The van der Waals surface area contributed by atoms with Gasteiger partial charge in [0, 0.05) is 11.1 Å². The Hall–Kier alpha value is -1.06. The van der Waals surface area contributed by atoms with E-state index < -0.39 is 24.0 Å². The summed E-state index contributed by atoms with van der Waals surface area (Å²) in [5.41, 5.74) is -0.194. The molecule has 102 valence electrons. The highest BCUT2D eigenvalue weighted by Gasteiger charge is 2.25. The molecular formula is C14H18F4. The number of aryl methyl sites for hydroxylation is 2. The topological polar surface area (TPSA) is 0 Å². The summed E-state index contributed by atoms with van der Waals surface area (Å²) >= 11 is 0. The van der Waals surface area contributed by atoms with Gasteiger partial charge in [0.1, 0.15) is 0 Å². The van der Waals surface area contributed by atoms with Crippen LogP contribution in [0.4, 0.5) is 17.6 Å². The average Bonchev–Trinajstić information content (AvgIpc) is 2.30. The van der Waals surface area contributed by atoms with E-state index in [-0.39, 0.29) is 0 Å². The molecule has 0 atom stereocenters. The first-order valence-electron chi connectivity index (χ1n) is 6.23. The Morgan fingerprint density at radius 2 is 1.11 bits per heavy atom. The largest absolute Gasteiger partial charge is 0.264 e. The van der Waals surface area contributed by atoms with Crippen molar-refractivity contribution < 1.29 is 17.6 Å². The summed E-state index contributed by atoms with van der Waals surface area (Å²) in [6, 6.07) is 3.14. The quantitative estimate of drug-likeness (QED) is 0.596. The van der Waals surface area contributed by atoms with Gasteiger partial charge < -0.3 is 0 Å². The molecule has 0 N–H and O–H groups in total. The monoisotopic (exact) mass is 262 g/mol. The van der Waals surface area contributed by atoms with Gasteiger partial charge in [-0.2, -0.15) is 0 Å². The van der Waals surface area contributed by atoms with E-state index in [1.54, 1.807) is 12.1 Å². The lowest BCUT2D eigenvalue weighted by Crippen LogP contribution is -2.06. The summed E-state index contributed by atoms with van der Waals surface area (Å²) in [5, 5.41) is 0. The van der Waals surface area contributed by atoms with Gasteiger partial charge in [-0.15, -0.1) is 0 Å². The van der Waals surface area contributed by atoms with Crippen LogP contribution in [0.5, 0.6) is 0 Å². The van der Waals surface area contributed by atoms with E-state index >= 15 is 0 Å². The van der Waals surface area contributed by atoms with Crippen LogP contribution in [0.15, 0.2) is 12.1 Å². The average molecular weight is 262 g/mol. The molecule has 0 aliphatic rings. The number of hydrogen-bond acceptors (Lipinski definition) is 0. The van der Waals surface area contributed by atoms with Gasteiger partial charge in [-0.05, 0) is 24.0 Å². The molecule has 0 radical (unpaired) electrons. The number of halogens is 4. The fourth-order valence-corrected chi connectivity index (χ4v) is 2.22. The lowest BCUT2D eigenvalue weighted by Gasteiger charge is -2.17. The molecule has 0 nitrogen and oxygen atoms in total. The summed E-state index contributed by atoms with van der Waals surface area (Å²) in [7, 11) is 0. The molecule has 0 aliphatic heterocycles. The standard InChI is InChI=1S/C14H18F4/c1-3-5-9-7-8-10(6-4-2)12(14(17)18)11(9)13(15)16/h7-8,13-14H,3-6H2,1-2H3. The molecule has 1 aromatic rings. The van der Waals surface area contributed by atoms with Crippen LogP contribution in [0.3, 0.4) is 0 Å². The van der Waals surface area contributed by atoms with Gasteiger partial charge in [-0.3, -0.25) is 0 Å². The van der Waals surface area contributed by atoms with Crippen LogP contribution in [-0.2, 0) is 12.8 Å². The summed E-state index contributed by atoms with van der Waals surface area (Å²) < 4.78 is 52.2. The molecule has 0 saturated carbocycles. The van der Waals surface area contributed by atoms with Crippen molar-refractivity contribution in [3.63, 3.8) is 0 Å². The first-order chi connectivity index (χ1) is 8.52. The summed E-state index contributed by atoms with van der Waals surface area (Å²) in [6.45, 7) is 3.69. The molecule has 4 heteroatoms. The molecule has 1 aromatic carbocycles. The van der Waals surface area contributed by atoms with Crippen molar-refractivity contribution in [2.45, 2.75) is 52.4 Å². The van der Waals surface area contributed by atoms with Crippen LogP contribution < -0.4 is 0 Å². The van der Waals surface area contributed by atoms with Gasteiger partial charge in [0.25, 0.3) is 12.9 Å². The Bertz CT molecular complexity index is 349. The van der Waals surface area contributed by atoms with Crippen molar-refractivity contribution in [1.82, 2.24) is 0 Å². The molecule has 1 rings (SSSR count). The van der Waals surface area contributed by atoms with Gasteiger partial charge in [0.05, 0.1) is 0 Å². The molecular weight excluding hydrogens is 244 g/mol. The lowest BCUT2D eigenvalue weighted by atomic mass is 9.92. The smallest absolute Gasteiger partial charge is 0.205 e. The molecule has 0 heterocycles. The van der Waals surface area contributed by atoms with Crippen LogP contribution in [0, 0.1) is 0 Å². The van der Waals surface area contributed by atoms with E-state index in [1.807, 2.05) is 13.8 Å². The van der Waals surface area contributed by atoms with E-state index in [0.29, 0.717) is 36.8 Å². The summed E-state index contributed by atoms with van der Waals surface area (Å²) in [5.74, 6) is 0. The molecule has 0 bridgehead atoms. The molecule has 0 fully saturated rings. The van der Waals surface area contributed by atoms with Crippen LogP contribution in [0.25, 0.3) is 0 Å². The van der Waals surface area contributed by atoms with Crippen molar-refractivity contribution in [3.8, 4) is 0 Å². The zero-order valence-corrected chi connectivity index (χ0v) is 10.6. The Morgan fingerprint density at radius 3 is 1.33 bits per heavy atom. The van der Waals surface area contributed by atoms with Crippen molar-refractivity contribution in [1.29, 1.82) is 0 Å². The third kappa shape index (κ3) is 3.24.